The first-order valence-electron chi connectivity index (χ1n) is 6.76. The van der Waals surface area contributed by atoms with Crippen LogP contribution in [0.5, 0.6) is 0 Å². The van der Waals surface area contributed by atoms with Crippen LogP contribution in [0.15, 0.2) is 23.1 Å². The summed E-state index contributed by atoms with van der Waals surface area (Å²) in [7, 11) is -3.72. The van der Waals surface area contributed by atoms with E-state index in [1.165, 1.54) is 18.6 Å². The van der Waals surface area contributed by atoms with E-state index in [9.17, 15) is 8.42 Å². The molecular formula is C13H22N4O2S. The molecule has 1 heterocycles. The van der Waals surface area contributed by atoms with Crippen molar-refractivity contribution in [1.29, 1.82) is 0 Å². The topological polar surface area (TPSA) is 101 Å². The SMILES string of the molecule is CC1CCCC(C)N1Nc1ccc(S(N)(=O)=O)cc1N. The number of hydrogen-bond acceptors (Lipinski definition) is 5. The number of sulfonamides is 1. The number of primary sulfonamides is 1. The minimum absolute atomic E-state index is 0.0280. The number of rotatable bonds is 3. The monoisotopic (exact) mass is 298 g/mol. The summed E-state index contributed by atoms with van der Waals surface area (Å²) < 4.78 is 22.6. The second-order valence-corrected chi connectivity index (χ2v) is 7.00. The molecule has 1 aliphatic rings. The molecule has 0 bridgehead atoms. The molecule has 2 unspecified atom stereocenters. The van der Waals surface area contributed by atoms with Gasteiger partial charge in [-0.05, 0) is 44.9 Å². The third-order valence-corrected chi connectivity index (χ3v) is 4.71. The van der Waals surface area contributed by atoms with E-state index >= 15 is 0 Å². The van der Waals surface area contributed by atoms with Crippen LogP contribution in [-0.4, -0.2) is 25.5 Å². The molecule has 1 aliphatic heterocycles. The quantitative estimate of drug-likeness (QED) is 0.734. The van der Waals surface area contributed by atoms with Gasteiger partial charge in [0, 0.05) is 12.1 Å². The molecule has 0 aliphatic carbocycles. The van der Waals surface area contributed by atoms with E-state index in [0.29, 0.717) is 23.5 Å². The molecule has 1 aromatic rings. The molecule has 20 heavy (non-hydrogen) atoms. The summed E-state index contributed by atoms with van der Waals surface area (Å²) in [6.07, 6.45) is 3.49. The molecule has 0 spiro atoms. The molecular weight excluding hydrogens is 276 g/mol. The van der Waals surface area contributed by atoms with Gasteiger partial charge in [0.05, 0.1) is 16.3 Å². The Kier molecular flexibility index (Phi) is 4.22. The van der Waals surface area contributed by atoms with E-state index in [2.05, 4.69) is 24.3 Å². The molecule has 2 atom stereocenters. The van der Waals surface area contributed by atoms with Crippen LogP contribution in [0.4, 0.5) is 11.4 Å². The van der Waals surface area contributed by atoms with Crippen molar-refractivity contribution in [2.45, 2.75) is 50.1 Å². The molecule has 6 nitrogen and oxygen atoms in total. The summed E-state index contributed by atoms with van der Waals surface area (Å²) in [4.78, 5) is 0.0280. The lowest BCUT2D eigenvalue weighted by Crippen LogP contribution is -2.47. The Bertz CT molecular complexity index is 578. The van der Waals surface area contributed by atoms with Crippen LogP contribution >= 0.6 is 0 Å². The summed E-state index contributed by atoms with van der Waals surface area (Å²) >= 11 is 0. The Morgan fingerprint density at radius 1 is 1.25 bits per heavy atom. The fraction of sp³-hybridized carbons (Fsp3) is 0.538. The zero-order chi connectivity index (χ0) is 14.9. The van der Waals surface area contributed by atoms with E-state index in [1.54, 1.807) is 6.07 Å². The van der Waals surface area contributed by atoms with Crippen LogP contribution in [0, 0.1) is 0 Å². The molecule has 1 aromatic carbocycles. The van der Waals surface area contributed by atoms with Crippen LogP contribution in [0.1, 0.15) is 33.1 Å². The normalized spacial score (nSPS) is 24.6. The van der Waals surface area contributed by atoms with E-state index in [4.69, 9.17) is 10.9 Å². The molecule has 0 radical (unpaired) electrons. The molecule has 1 saturated heterocycles. The van der Waals surface area contributed by atoms with E-state index in [1.807, 2.05) is 0 Å². The van der Waals surface area contributed by atoms with Gasteiger partial charge in [-0.1, -0.05) is 6.42 Å². The molecule has 0 amide bonds. The lowest BCUT2D eigenvalue weighted by atomic mass is 10.00. The van der Waals surface area contributed by atoms with Crippen LogP contribution in [0.25, 0.3) is 0 Å². The Balaban J connectivity index is 2.21. The molecule has 2 rings (SSSR count). The zero-order valence-electron chi connectivity index (χ0n) is 11.8. The predicted octanol–water partition coefficient (Wildman–Crippen LogP) is 1.51. The Labute approximate surface area is 120 Å². The van der Waals surface area contributed by atoms with Crippen molar-refractivity contribution in [1.82, 2.24) is 5.01 Å². The van der Waals surface area contributed by atoms with Crippen molar-refractivity contribution >= 4 is 21.4 Å². The molecule has 1 fully saturated rings. The minimum atomic E-state index is -3.72. The Morgan fingerprint density at radius 2 is 1.85 bits per heavy atom. The van der Waals surface area contributed by atoms with Gasteiger partial charge in [-0.25, -0.2) is 18.6 Å². The van der Waals surface area contributed by atoms with Gasteiger partial charge in [-0.3, -0.25) is 0 Å². The van der Waals surface area contributed by atoms with E-state index < -0.39 is 10.0 Å². The summed E-state index contributed by atoms with van der Waals surface area (Å²) in [6, 6.07) is 5.33. The summed E-state index contributed by atoms with van der Waals surface area (Å²) in [5, 5.41) is 7.26. The molecule has 0 saturated carbocycles. The van der Waals surface area contributed by atoms with Gasteiger partial charge in [0.1, 0.15) is 0 Å². The van der Waals surface area contributed by atoms with Crippen molar-refractivity contribution in [2.24, 2.45) is 5.14 Å². The molecule has 5 N–H and O–H groups in total. The van der Waals surface area contributed by atoms with Crippen molar-refractivity contribution in [2.75, 3.05) is 11.2 Å². The van der Waals surface area contributed by atoms with Crippen molar-refractivity contribution in [3.8, 4) is 0 Å². The molecule has 112 valence electrons. The number of benzene rings is 1. The summed E-state index contributed by atoms with van der Waals surface area (Å²) in [5.74, 6) is 0. The smallest absolute Gasteiger partial charge is 0.238 e. The minimum Gasteiger partial charge on any atom is -0.397 e. The third kappa shape index (κ3) is 3.23. The molecule has 7 heteroatoms. The number of nitrogen functional groups attached to an aromatic ring is 1. The van der Waals surface area contributed by atoms with Crippen LogP contribution < -0.4 is 16.3 Å². The average molecular weight is 298 g/mol. The first kappa shape index (κ1) is 15.1. The number of nitrogens with one attached hydrogen (secondary N) is 1. The highest BCUT2D eigenvalue weighted by molar-refractivity contribution is 7.89. The lowest BCUT2D eigenvalue weighted by molar-refractivity contribution is 0.136. The number of hydrazine groups is 1. The standard InChI is InChI=1S/C13H22N4O2S/c1-9-4-3-5-10(2)17(9)16-13-7-6-11(8-12(13)14)20(15,18)19/h6-10,16H,3-5,14H2,1-2H3,(H2,15,18,19). The lowest BCUT2D eigenvalue weighted by Gasteiger charge is -2.39. The van der Waals surface area contributed by atoms with Gasteiger partial charge in [0.25, 0.3) is 0 Å². The maximum Gasteiger partial charge on any atom is 0.238 e. The third-order valence-electron chi connectivity index (χ3n) is 3.79. The van der Waals surface area contributed by atoms with Gasteiger partial charge < -0.3 is 11.2 Å². The maximum absolute atomic E-state index is 11.3. The fourth-order valence-electron chi connectivity index (χ4n) is 2.60. The second-order valence-electron chi connectivity index (χ2n) is 5.44. The number of nitrogens with zero attached hydrogens (tertiary/aromatic N) is 1. The van der Waals surface area contributed by atoms with Crippen molar-refractivity contribution in [3.63, 3.8) is 0 Å². The number of anilines is 2. The first-order chi connectivity index (χ1) is 9.29. The van der Waals surface area contributed by atoms with Gasteiger partial charge in [-0.15, -0.1) is 0 Å². The zero-order valence-corrected chi connectivity index (χ0v) is 12.7. The molecule has 0 aromatic heterocycles. The van der Waals surface area contributed by atoms with Crippen LogP contribution in [0.3, 0.4) is 0 Å². The number of nitrogens with two attached hydrogens (primary N) is 2. The number of piperidine rings is 1. The van der Waals surface area contributed by atoms with E-state index in [0.717, 1.165) is 12.8 Å². The Morgan fingerprint density at radius 3 is 2.35 bits per heavy atom. The summed E-state index contributed by atoms with van der Waals surface area (Å²) in [5.41, 5.74) is 10.3. The van der Waals surface area contributed by atoms with Crippen LogP contribution in [0.2, 0.25) is 0 Å². The second kappa shape index (κ2) is 5.59. The fourth-order valence-corrected chi connectivity index (χ4v) is 3.15. The predicted molar refractivity (Wildman–Crippen MR) is 80.5 cm³/mol. The van der Waals surface area contributed by atoms with Crippen LogP contribution in [-0.2, 0) is 10.0 Å². The van der Waals surface area contributed by atoms with Gasteiger partial charge in [-0.2, -0.15) is 0 Å². The average Bonchev–Trinajstić information content (AvgIpc) is 2.34. The highest BCUT2D eigenvalue weighted by Crippen LogP contribution is 2.27. The largest absolute Gasteiger partial charge is 0.397 e. The maximum atomic E-state index is 11.3. The van der Waals surface area contributed by atoms with Gasteiger partial charge in [0.2, 0.25) is 10.0 Å². The van der Waals surface area contributed by atoms with Gasteiger partial charge >= 0.3 is 0 Å². The van der Waals surface area contributed by atoms with E-state index in [-0.39, 0.29) is 4.90 Å². The Hall–Kier alpha value is -1.31. The van der Waals surface area contributed by atoms with Crippen molar-refractivity contribution in [3.05, 3.63) is 18.2 Å². The highest BCUT2D eigenvalue weighted by atomic mass is 32.2. The van der Waals surface area contributed by atoms with Crippen molar-refractivity contribution < 1.29 is 8.42 Å². The van der Waals surface area contributed by atoms with Gasteiger partial charge in [0.15, 0.2) is 0 Å². The number of hydrogen-bond donors (Lipinski definition) is 3. The summed E-state index contributed by atoms with van der Waals surface area (Å²) in [6.45, 7) is 4.33. The first-order valence-corrected chi connectivity index (χ1v) is 8.31. The highest BCUT2D eigenvalue weighted by Gasteiger charge is 2.25.